The number of aryl methyl sites for hydroxylation is 1. The molecule has 4 nitrogen and oxygen atoms in total. The molecule has 0 aliphatic heterocycles. The molecule has 2 aliphatic carbocycles. The van der Waals surface area contributed by atoms with Gasteiger partial charge in [0.15, 0.2) is 0 Å². The number of rotatable bonds is 5. The van der Waals surface area contributed by atoms with Crippen LogP contribution in [0.1, 0.15) is 24.8 Å². The summed E-state index contributed by atoms with van der Waals surface area (Å²) in [4.78, 5) is 14.4. The summed E-state index contributed by atoms with van der Waals surface area (Å²) in [6, 6.07) is 8.03. The minimum Gasteiger partial charge on any atom is -0.492 e. The summed E-state index contributed by atoms with van der Waals surface area (Å²) in [6.45, 7) is 3.16. The summed E-state index contributed by atoms with van der Waals surface area (Å²) >= 11 is 0. The van der Waals surface area contributed by atoms with Crippen LogP contribution < -0.4 is 10.5 Å². The van der Waals surface area contributed by atoms with Crippen molar-refractivity contribution in [3.8, 4) is 5.75 Å². The number of amides is 1. The van der Waals surface area contributed by atoms with Crippen LogP contribution in [0, 0.1) is 24.7 Å². The lowest BCUT2D eigenvalue weighted by Gasteiger charge is -2.30. The van der Waals surface area contributed by atoms with Crippen LogP contribution in [0.25, 0.3) is 0 Å². The number of hydrogen-bond acceptors (Lipinski definition) is 3. The molecule has 2 fully saturated rings. The van der Waals surface area contributed by atoms with Gasteiger partial charge in [0.25, 0.3) is 0 Å². The molecule has 0 aromatic heterocycles. The molecule has 0 radical (unpaired) electrons. The zero-order chi connectivity index (χ0) is 15.7. The van der Waals surface area contributed by atoms with E-state index in [-0.39, 0.29) is 17.9 Å². The van der Waals surface area contributed by atoms with E-state index in [9.17, 15) is 4.79 Å². The summed E-state index contributed by atoms with van der Waals surface area (Å²) in [5.41, 5.74) is 7.44. The second-order valence-corrected chi connectivity index (χ2v) is 6.86. The molecule has 22 heavy (non-hydrogen) atoms. The van der Waals surface area contributed by atoms with Crippen LogP contribution in [0.4, 0.5) is 0 Å². The van der Waals surface area contributed by atoms with Crippen LogP contribution in [-0.2, 0) is 4.79 Å². The number of ether oxygens (including phenoxy) is 1. The van der Waals surface area contributed by atoms with E-state index >= 15 is 0 Å². The third-order valence-corrected chi connectivity index (χ3v) is 5.33. The number of carbonyl (C=O) groups is 1. The van der Waals surface area contributed by atoms with E-state index in [2.05, 4.69) is 0 Å². The molecule has 2 bridgehead atoms. The zero-order valence-corrected chi connectivity index (χ0v) is 13.5. The molecule has 1 aromatic rings. The molecule has 3 rings (SSSR count). The van der Waals surface area contributed by atoms with Gasteiger partial charge in [-0.2, -0.15) is 0 Å². The predicted molar refractivity (Wildman–Crippen MR) is 86.6 cm³/mol. The molecule has 0 heterocycles. The highest BCUT2D eigenvalue weighted by Crippen LogP contribution is 2.48. The summed E-state index contributed by atoms with van der Waals surface area (Å²) in [5, 5.41) is 0. The number of hydrogen-bond donors (Lipinski definition) is 1. The molecule has 2 N–H and O–H groups in total. The van der Waals surface area contributed by atoms with Crippen molar-refractivity contribution in [2.24, 2.45) is 23.5 Å². The van der Waals surface area contributed by atoms with Gasteiger partial charge in [-0.3, -0.25) is 4.79 Å². The van der Waals surface area contributed by atoms with Gasteiger partial charge in [-0.25, -0.2) is 0 Å². The number of nitrogens with two attached hydrogens (primary N) is 1. The van der Waals surface area contributed by atoms with Crippen molar-refractivity contribution >= 4 is 5.91 Å². The van der Waals surface area contributed by atoms with Crippen molar-refractivity contribution in [2.45, 2.75) is 32.2 Å². The van der Waals surface area contributed by atoms with Crippen molar-refractivity contribution < 1.29 is 9.53 Å². The topological polar surface area (TPSA) is 55.6 Å². The lowest BCUT2D eigenvalue weighted by Crippen LogP contribution is -2.46. The highest BCUT2D eigenvalue weighted by molar-refractivity contribution is 5.80. The molecule has 4 unspecified atom stereocenters. The molecule has 4 heteroatoms. The van der Waals surface area contributed by atoms with E-state index in [1.54, 1.807) is 4.90 Å². The van der Waals surface area contributed by atoms with E-state index in [1.807, 2.05) is 38.2 Å². The van der Waals surface area contributed by atoms with Crippen LogP contribution in [0.3, 0.4) is 0 Å². The standard InChI is InChI=1S/C18H26N2O2/c1-12-4-3-5-15(10-12)22-9-8-20(2)18(21)16-13-6-7-14(11-13)17(16)19/h3-5,10,13-14,16-17H,6-9,11,19H2,1-2H3. The number of nitrogens with zero attached hydrogens (tertiary/aromatic N) is 1. The average Bonchev–Trinajstić information content (AvgIpc) is 3.07. The first-order valence-corrected chi connectivity index (χ1v) is 8.26. The molecular formula is C18H26N2O2. The van der Waals surface area contributed by atoms with Gasteiger partial charge in [-0.1, -0.05) is 12.1 Å². The lowest BCUT2D eigenvalue weighted by molar-refractivity contribution is -0.136. The van der Waals surface area contributed by atoms with Crippen LogP contribution in [0.5, 0.6) is 5.75 Å². The molecule has 120 valence electrons. The number of benzene rings is 1. The van der Waals surface area contributed by atoms with Crippen molar-refractivity contribution in [1.82, 2.24) is 4.90 Å². The smallest absolute Gasteiger partial charge is 0.227 e. The third kappa shape index (κ3) is 2.98. The van der Waals surface area contributed by atoms with Crippen LogP contribution in [0.2, 0.25) is 0 Å². The highest BCUT2D eigenvalue weighted by Gasteiger charge is 2.49. The number of likely N-dealkylation sites (N-methyl/N-ethyl adjacent to an activating group) is 1. The molecule has 2 saturated carbocycles. The maximum atomic E-state index is 12.6. The Morgan fingerprint density at radius 2 is 2.14 bits per heavy atom. The Balaban J connectivity index is 1.49. The SMILES string of the molecule is Cc1cccc(OCCN(C)C(=O)C2C3CCC(C3)C2N)c1. The van der Waals surface area contributed by atoms with Gasteiger partial charge >= 0.3 is 0 Å². The minimum absolute atomic E-state index is 0.0303. The van der Waals surface area contributed by atoms with Crippen molar-refractivity contribution in [3.63, 3.8) is 0 Å². The molecule has 0 saturated heterocycles. The number of carbonyl (C=O) groups excluding carboxylic acids is 1. The fourth-order valence-electron chi connectivity index (χ4n) is 4.07. The van der Waals surface area contributed by atoms with Gasteiger partial charge in [0.05, 0.1) is 12.5 Å². The largest absolute Gasteiger partial charge is 0.492 e. The fraction of sp³-hybridized carbons (Fsp3) is 0.611. The fourth-order valence-corrected chi connectivity index (χ4v) is 4.07. The van der Waals surface area contributed by atoms with Gasteiger partial charge in [0.1, 0.15) is 12.4 Å². The Morgan fingerprint density at radius 3 is 2.82 bits per heavy atom. The van der Waals surface area contributed by atoms with Gasteiger partial charge < -0.3 is 15.4 Å². The van der Waals surface area contributed by atoms with Gasteiger partial charge in [0, 0.05) is 13.1 Å². The van der Waals surface area contributed by atoms with E-state index < -0.39 is 0 Å². The summed E-state index contributed by atoms with van der Waals surface area (Å²) < 4.78 is 5.73. The second kappa shape index (κ2) is 6.29. The van der Waals surface area contributed by atoms with Crippen LogP contribution in [-0.4, -0.2) is 37.0 Å². The second-order valence-electron chi connectivity index (χ2n) is 6.86. The Hall–Kier alpha value is -1.55. The average molecular weight is 302 g/mol. The van der Waals surface area contributed by atoms with Gasteiger partial charge in [-0.15, -0.1) is 0 Å². The summed E-state index contributed by atoms with van der Waals surface area (Å²) in [6.07, 6.45) is 3.52. The molecule has 1 amide bonds. The minimum atomic E-state index is 0.0303. The maximum absolute atomic E-state index is 12.6. The van der Waals surface area contributed by atoms with Crippen molar-refractivity contribution in [1.29, 1.82) is 0 Å². The predicted octanol–water partition coefficient (Wildman–Crippen LogP) is 2.21. The molecular weight excluding hydrogens is 276 g/mol. The maximum Gasteiger partial charge on any atom is 0.227 e. The monoisotopic (exact) mass is 302 g/mol. The number of fused-ring (bicyclic) bond motifs is 2. The van der Waals surface area contributed by atoms with E-state index in [1.165, 1.54) is 18.4 Å². The lowest BCUT2D eigenvalue weighted by atomic mass is 9.84. The quantitative estimate of drug-likeness (QED) is 0.907. The first-order valence-electron chi connectivity index (χ1n) is 8.26. The first kappa shape index (κ1) is 15.3. The molecule has 0 spiro atoms. The van der Waals surface area contributed by atoms with E-state index in [0.717, 1.165) is 12.2 Å². The highest BCUT2D eigenvalue weighted by atomic mass is 16.5. The zero-order valence-electron chi connectivity index (χ0n) is 13.5. The third-order valence-electron chi connectivity index (χ3n) is 5.33. The van der Waals surface area contributed by atoms with E-state index in [4.69, 9.17) is 10.5 Å². The van der Waals surface area contributed by atoms with Crippen molar-refractivity contribution in [3.05, 3.63) is 29.8 Å². The Bertz CT molecular complexity index is 544. The molecule has 1 aromatic carbocycles. The van der Waals surface area contributed by atoms with Crippen LogP contribution >= 0.6 is 0 Å². The summed E-state index contributed by atoms with van der Waals surface area (Å²) in [5.74, 6) is 2.16. The molecule has 2 aliphatic rings. The normalized spacial score (nSPS) is 29.6. The van der Waals surface area contributed by atoms with E-state index in [0.29, 0.717) is 25.0 Å². The Labute approximate surface area is 132 Å². The van der Waals surface area contributed by atoms with Gasteiger partial charge in [-0.05, 0) is 55.7 Å². The van der Waals surface area contributed by atoms with Gasteiger partial charge in [0.2, 0.25) is 5.91 Å². The summed E-state index contributed by atoms with van der Waals surface area (Å²) in [7, 11) is 1.86. The van der Waals surface area contributed by atoms with Crippen LogP contribution in [0.15, 0.2) is 24.3 Å². The Kier molecular flexibility index (Phi) is 4.39. The first-order chi connectivity index (χ1) is 10.6. The molecule has 4 atom stereocenters. The van der Waals surface area contributed by atoms with Crippen molar-refractivity contribution in [2.75, 3.05) is 20.2 Å². The Morgan fingerprint density at radius 1 is 1.36 bits per heavy atom.